The molecule has 0 aliphatic heterocycles. The van der Waals surface area contributed by atoms with Crippen LogP contribution in [-0.2, 0) is 0 Å². The van der Waals surface area contributed by atoms with Crippen LogP contribution in [0.2, 0.25) is 0 Å². The second kappa shape index (κ2) is 13.4. The van der Waals surface area contributed by atoms with Gasteiger partial charge in [-0.2, -0.15) is 0 Å². The molecule has 2 heterocycles. The van der Waals surface area contributed by atoms with E-state index in [4.69, 9.17) is 8.83 Å². The summed E-state index contributed by atoms with van der Waals surface area (Å²) in [6, 6.07) is 75.6. The minimum Gasteiger partial charge on any atom is -0.455 e. The standard InChI is InChI=1S/C56H35NO2/c1-3-12-37(13-4-1)45-18-10-21-49-51-34-41(29-33-53(51)58-54(45)49)36-26-30-42(31-27-36)57(43-32-28-40-25-24-39-16-7-8-17-44(39)50(40)35-43)52-23-11-22-48-47-20-9-19-46(55(47)59-56(48)52)38-14-5-2-6-15-38/h1-35H. The second-order valence-corrected chi connectivity index (χ2v) is 15.2. The highest BCUT2D eigenvalue weighted by atomic mass is 16.3. The SMILES string of the molecule is c1ccc(-c2cccc3c2oc2ccc(-c4ccc(N(c5ccc6ccc7ccccc7c6c5)c5cccc6c5oc5c(-c7ccccc7)cccc56)cc4)cc23)cc1. The molecule has 12 aromatic rings. The quantitative estimate of drug-likeness (QED) is 0.158. The van der Waals surface area contributed by atoms with Crippen LogP contribution in [0.25, 0.3) is 98.8 Å². The first kappa shape index (κ1) is 33.3. The molecule has 0 aliphatic carbocycles. The number of fused-ring (bicyclic) bond motifs is 9. The first-order valence-corrected chi connectivity index (χ1v) is 20.1. The van der Waals surface area contributed by atoms with Crippen molar-refractivity contribution >= 4 is 82.5 Å². The average Bonchev–Trinajstić information content (AvgIpc) is 3.89. The number of nitrogens with zero attached hydrogens (tertiary/aromatic N) is 1. The molecular formula is C56H35NO2. The van der Waals surface area contributed by atoms with Gasteiger partial charge in [0.1, 0.15) is 16.7 Å². The lowest BCUT2D eigenvalue weighted by Crippen LogP contribution is -2.10. The third-order valence-electron chi connectivity index (χ3n) is 11.9. The van der Waals surface area contributed by atoms with Crippen molar-refractivity contribution in [3.05, 3.63) is 212 Å². The van der Waals surface area contributed by atoms with Crippen LogP contribution in [0.5, 0.6) is 0 Å². The van der Waals surface area contributed by atoms with Crippen LogP contribution in [0.15, 0.2) is 221 Å². The Morgan fingerprint density at radius 1 is 0.288 bits per heavy atom. The maximum atomic E-state index is 7.00. The summed E-state index contributed by atoms with van der Waals surface area (Å²) < 4.78 is 13.5. The lowest BCUT2D eigenvalue weighted by Gasteiger charge is -2.26. The topological polar surface area (TPSA) is 29.5 Å². The van der Waals surface area contributed by atoms with Gasteiger partial charge >= 0.3 is 0 Å². The highest BCUT2D eigenvalue weighted by Gasteiger charge is 2.22. The summed E-state index contributed by atoms with van der Waals surface area (Å²) in [6.07, 6.45) is 0. The number of rotatable bonds is 6. The molecule has 0 N–H and O–H groups in total. The van der Waals surface area contributed by atoms with E-state index in [1.165, 1.54) is 21.5 Å². The monoisotopic (exact) mass is 753 g/mol. The maximum Gasteiger partial charge on any atom is 0.159 e. The first-order valence-electron chi connectivity index (χ1n) is 20.1. The van der Waals surface area contributed by atoms with Crippen LogP contribution in [0.1, 0.15) is 0 Å². The molecule has 59 heavy (non-hydrogen) atoms. The molecule has 2 aromatic heterocycles. The highest BCUT2D eigenvalue weighted by molar-refractivity contribution is 6.15. The number of hydrogen-bond donors (Lipinski definition) is 0. The van der Waals surface area contributed by atoms with Gasteiger partial charge < -0.3 is 13.7 Å². The zero-order valence-corrected chi connectivity index (χ0v) is 32.0. The van der Waals surface area contributed by atoms with Gasteiger partial charge in [-0.3, -0.25) is 0 Å². The molecule has 10 aromatic carbocycles. The largest absolute Gasteiger partial charge is 0.455 e. The van der Waals surface area contributed by atoms with E-state index < -0.39 is 0 Å². The molecule has 0 unspecified atom stereocenters. The number of para-hydroxylation sites is 3. The summed E-state index contributed by atoms with van der Waals surface area (Å²) in [4.78, 5) is 2.34. The van der Waals surface area contributed by atoms with Gasteiger partial charge in [-0.15, -0.1) is 0 Å². The molecule has 0 amide bonds. The van der Waals surface area contributed by atoms with Crippen molar-refractivity contribution < 1.29 is 8.83 Å². The fraction of sp³-hybridized carbons (Fsp3) is 0. The zero-order chi connectivity index (χ0) is 38.9. The Morgan fingerprint density at radius 2 is 0.831 bits per heavy atom. The van der Waals surface area contributed by atoms with Crippen LogP contribution in [0.4, 0.5) is 17.1 Å². The number of furan rings is 2. The molecule has 276 valence electrons. The Hall–Kier alpha value is -7.88. The Morgan fingerprint density at radius 3 is 1.56 bits per heavy atom. The predicted octanol–water partition coefficient (Wildman–Crippen LogP) is 16.3. The molecule has 0 aliphatic rings. The van der Waals surface area contributed by atoms with E-state index in [1.54, 1.807) is 0 Å². The van der Waals surface area contributed by atoms with Crippen LogP contribution in [-0.4, -0.2) is 0 Å². The van der Waals surface area contributed by atoms with Crippen molar-refractivity contribution in [2.45, 2.75) is 0 Å². The van der Waals surface area contributed by atoms with E-state index in [-0.39, 0.29) is 0 Å². The first-order chi connectivity index (χ1) is 29.2. The maximum absolute atomic E-state index is 7.00. The molecule has 0 radical (unpaired) electrons. The molecule has 0 saturated heterocycles. The van der Waals surface area contributed by atoms with E-state index in [1.807, 2.05) is 6.07 Å². The molecule has 0 saturated carbocycles. The van der Waals surface area contributed by atoms with Gasteiger partial charge in [0.15, 0.2) is 5.58 Å². The van der Waals surface area contributed by atoms with Crippen LogP contribution in [0, 0.1) is 0 Å². The number of benzene rings is 10. The fourth-order valence-electron chi connectivity index (χ4n) is 9.01. The summed E-state index contributed by atoms with van der Waals surface area (Å²) in [7, 11) is 0. The lowest BCUT2D eigenvalue weighted by molar-refractivity contribution is 0.670. The van der Waals surface area contributed by atoms with Gasteiger partial charge in [-0.05, 0) is 86.3 Å². The molecule has 12 rings (SSSR count). The van der Waals surface area contributed by atoms with Crippen molar-refractivity contribution in [1.82, 2.24) is 0 Å². The average molecular weight is 754 g/mol. The normalized spacial score (nSPS) is 11.7. The van der Waals surface area contributed by atoms with Gasteiger partial charge in [0.2, 0.25) is 0 Å². The van der Waals surface area contributed by atoms with Gasteiger partial charge in [0.25, 0.3) is 0 Å². The van der Waals surface area contributed by atoms with Crippen molar-refractivity contribution in [3.63, 3.8) is 0 Å². The summed E-state index contributed by atoms with van der Waals surface area (Å²) in [5, 5.41) is 9.27. The summed E-state index contributed by atoms with van der Waals surface area (Å²) in [6.45, 7) is 0. The van der Waals surface area contributed by atoms with E-state index in [2.05, 4.69) is 211 Å². The third kappa shape index (κ3) is 5.44. The molecular weight excluding hydrogens is 719 g/mol. The van der Waals surface area contributed by atoms with Crippen molar-refractivity contribution in [3.8, 4) is 33.4 Å². The van der Waals surface area contributed by atoms with Crippen molar-refractivity contribution in [1.29, 1.82) is 0 Å². The molecule has 3 heteroatoms. The number of hydrogen-bond acceptors (Lipinski definition) is 3. The molecule has 0 spiro atoms. The summed E-state index contributed by atoms with van der Waals surface area (Å²) in [5.74, 6) is 0. The minimum atomic E-state index is 0.847. The lowest BCUT2D eigenvalue weighted by atomic mass is 9.99. The number of anilines is 3. The van der Waals surface area contributed by atoms with Gasteiger partial charge in [0.05, 0.1) is 5.69 Å². The molecule has 0 bridgehead atoms. The van der Waals surface area contributed by atoms with Gasteiger partial charge in [-0.25, -0.2) is 0 Å². The Kier molecular flexibility index (Phi) is 7.54. The fourth-order valence-corrected chi connectivity index (χ4v) is 9.01. The molecule has 0 atom stereocenters. The minimum absolute atomic E-state index is 0.847. The van der Waals surface area contributed by atoms with Crippen LogP contribution < -0.4 is 4.90 Å². The van der Waals surface area contributed by atoms with Crippen LogP contribution >= 0.6 is 0 Å². The Bertz CT molecular complexity index is 3540. The Balaban J connectivity index is 1.02. The summed E-state index contributed by atoms with van der Waals surface area (Å²) >= 11 is 0. The molecule has 0 fully saturated rings. The second-order valence-electron chi connectivity index (χ2n) is 15.2. The zero-order valence-electron chi connectivity index (χ0n) is 32.0. The summed E-state index contributed by atoms with van der Waals surface area (Å²) in [5.41, 5.74) is 13.3. The van der Waals surface area contributed by atoms with E-state index in [0.717, 1.165) is 94.3 Å². The van der Waals surface area contributed by atoms with Crippen molar-refractivity contribution in [2.24, 2.45) is 0 Å². The smallest absolute Gasteiger partial charge is 0.159 e. The van der Waals surface area contributed by atoms with E-state index in [0.29, 0.717) is 0 Å². The van der Waals surface area contributed by atoms with Gasteiger partial charge in [0, 0.05) is 44.0 Å². The Labute approximate surface area is 340 Å². The van der Waals surface area contributed by atoms with E-state index in [9.17, 15) is 0 Å². The van der Waals surface area contributed by atoms with Crippen LogP contribution in [0.3, 0.4) is 0 Å². The predicted molar refractivity (Wildman–Crippen MR) is 247 cm³/mol. The molecule has 3 nitrogen and oxygen atoms in total. The van der Waals surface area contributed by atoms with Crippen molar-refractivity contribution in [2.75, 3.05) is 4.90 Å². The van der Waals surface area contributed by atoms with Gasteiger partial charge in [-0.1, -0.05) is 170 Å². The highest BCUT2D eigenvalue weighted by Crippen LogP contribution is 2.45. The third-order valence-corrected chi connectivity index (χ3v) is 11.9. The van der Waals surface area contributed by atoms with E-state index >= 15 is 0 Å².